The Labute approximate surface area is 270 Å². The fraction of sp³-hybridized carbons (Fsp3) is 0. The Morgan fingerprint density at radius 3 is 2.11 bits per heavy atom. The molecule has 0 saturated carbocycles. The lowest BCUT2D eigenvalue weighted by Crippen LogP contribution is -2.60. The normalized spacial score (nSPS) is 13.1. The largest absolute Gasteiger partial charge is 0.376 e. The van der Waals surface area contributed by atoms with Gasteiger partial charge in [-0.2, -0.15) is 0 Å². The van der Waals surface area contributed by atoms with E-state index in [0.29, 0.717) is 0 Å². The van der Waals surface area contributed by atoms with Crippen LogP contribution in [0.25, 0.3) is 69.9 Å². The van der Waals surface area contributed by atoms with Crippen LogP contribution in [0.1, 0.15) is 0 Å². The molecule has 0 fully saturated rings. The molecule has 46 heavy (non-hydrogen) atoms. The maximum absolute atomic E-state index is 2.57. The fourth-order valence-electron chi connectivity index (χ4n) is 8.38. The van der Waals surface area contributed by atoms with Gasteiger partial charge in [0, 0.05) is 59.1 Å². The topological polar surface area (TPSA) is 8.17 Å². The van der Waals surface area contributed by atoms with Gasteiger partial charge in [0.2, 0.25) is 0 Å². The molecule has 0 atom stereocenters. The van der Waals surface area contributed by atoms with E-state index in [-0.39, 0.29) is 6.85 Å². The van der Waals surface area contributed by atoms with Crippen molar-refractivity contribution < 1.29 is 0 Å². The third-order valence-electron chi connectivity index (χ3n) is 10.2. The van der Waals surface area contributed by atoms with Gasteiger partial charge in [-0.3, -0.25) is 0 Å². The molecule has 2 aromatic heterocycles. The first-order valence-corrected chi connectivity index (χ1v) is 16.7. The lowest BCUT2D eigenvalue weighted by molar-refractivity contribution is 1.18. The van der Waals surface area contributed by atoms with Crippen molar-refractivity contribution in [2.24, 2.45) is 0 Å². The van der Waals surface area contributed by atoms with Crippen LogP contribution >= 0.6 is 11.3 Å². The van der Waals surface area contributed by atoms with E-state index < -0.39 is 0 Å². The molecule has 2 aliphatic rings. The van der Waals surface area contributed by atoms with Crippen LogP contribution in [-0.4, -0.2) is 11.4 Å². The number of anilines is 2. The molecule has 0 bridgehead atoms. The van der Waals surface area contributed by atoms with Crippen molar-refractivity contribution in [3.8, 4) is 27.9 Å². The molecule has 9 aromatic rings. The minimum atomic E-state index is 0.0389. The lowest BCUT2D eigenvalue weighted by Gasteiger charge is -2.42. The van der Waals surface area contributed by atoms with E-state index in [1.807, 2.05) is 11.3 Å². The number of benzene rings is 7. The fourth-order valence-corrected chi connectivity index (χ4v) is 9.61. The van der Waals surface area contributed by atoms with Crippen LogP contribution in [0.3, 0.4) is 0 Å². The highest BCUT2D eigenvalue weighted by Gasteiger charge is 2.44. The summed E-state index contributed by atoms with van der Waals surface area (Å²) in [5.74, 6) is 0. The second kappa shape index (κ2) is 9.00. The monoisotopic (exact) mass is 600 g/mol. The molecule has 0 radical (unpaired) electrons. The Balaban J connectivity index is 1.37. The smallest absolute Gasteiger partial charge is 0.333 e. The van der Waals surface area contributed by atoms with Crippen molar-refractivity contribution in [1.29, 1.82) is 0 Å². The third-order valence-corrected chi connectivity index (χ3v) is 11.4. The van der Waals surface area contributed by atoms with Crippen molar-refractivity contribution in [2.75, 3.05) is 4.81 Å². The van der Waals surface area contributed by atoms with E-state index in [4.69, 9.17) is 0 Å². The van der Waals surface area contributed by atoms with Crippen LogP contribution in [0, 0.1) is 0 Å². The molecule has 7 aromatic carbocycles. The molecule has 212 valence electrons. The van der Waals surface area contributed by atoms with E-state index in [1.165, 1.54) is 92.2 Å². The Morgan fingerprint density at radius 2 is 1.20 bits per heavy atom. The van der Waals surface area contributed by atoms with Crippen molar-refractivity contribution in [2.45, 2.75) is 0 Å². The number of rotatable bonds is 2. The molecule has 4 heteroatoms. The second-order valence-electron chi connectivity index (χ2n) is 12.4. The molecular formula is C42H25BN2S. The molecule has 0 aliphatic carbocycles. The van der Waals surface area contributed by atoms with Gasteiger partial charge >= 0.3 is 6.85 Å². The summed E-state index contributed by atoms with van der Waals surface area (Å²) in [6, 6.07) is 56.2. The van der Waals surface area contributed by atoms with E-state index in [0.717, 1.165) is 0 Å². The molecule has 0 N–H and O–H groups in total. The number of aromatic nitrogens is 1. The third kappa shape index (κ3) is 3.07. The van der Waals surface area contributed by atoms with Crippen molar-refractivity contribution >= 4 is 82.5 Å². The second-order valence-corrected chi connectivity index (χ2v) is 13.5. The van der Waals surface area contributed by atoms with Gasteiger partial charge in [-0.15, -0.1) is 11.3 Å². The van der Waals surface area contributed by atoms with Crippen molar-refractivity contribution in [3.63, 3.8) is 0 Å². The minimum Gasteiger partial charge on any atom is -0.376 e. The summed E-state index contributed by atoms with van der Waals surface area (Å²) in [5, 5.41) is 5.30. The molecule has 2 nitrogen and oxygen atoms in total. The molecule has 0 unspecified atom stereocenters. The van der Waals surface area contributed by atoms with Crippen LogP contribution in [-0.2, 0) is 0 Å². The number of hydrogen-bond donors (Lipinski definition) is 0. The zero-order valence-corrected chi connectivity index (χ0v) is 25.6. The first-order chi connectivity index (χ1) is 22.9. The molecule has 0 spiro atoms. The summed E-state index contributed by atoms with van der Waals surface area (Å²) in [4.78, 5) is 2.57. The number of hydrogen-bond acceptors (Lipinski definition) is 2. The maximum atomic E-state index is 2.57. The highest BCUT2D eigenvalue weighted by atomic mass is 32.1. The number of nitrogens with zero attached hydrogens (tertiary/aromatic N) is 2. The molecule has 2 aliphatic heterocycles. The summed E-state index contributed by atoms with van der Waals surface area (Å²) in [6.07, 6.45) is 0. The lowest BCUT2D eigenvalue weighted by atomic mass is 9.44. The highest BCUT2D eigenvalue weighted by molar-refractivity contribution is 7.26. The van der Waals surface area contributed by atoms with Crippen LogP contribution in [0.5, 0.6) is 0 Å². The SMILES string of the molecule is c1ccc(N2B3c4ccccc4-n4c5ccccc5c5c(-c6cccc7c6sc6ccccc67)cc(c3c54)-c3ccccc32)cc1. The van der Waals surface area contributed by atoms with E-state index in [9.17, 15) is 0 Å². The number of fused-ring (bicyclic) bond motifs is 11. The van der Waals surface area contributed by atoms with Crippen molar-refractivity contribution in [3.05, 3.63) is 152 Å². The van der Waals surface area contributed by atoms with Gasteiger partial charge in [0.15, 0.2) is 0 Å². The summed E-state index contributed by atoms with van der Waals surface area (Å²) in [7, 11) is 0. The van der Waals surface area contributed by atoms with Crippen LogP contribution < -0.4 is 15.7 Å². The van der Waals surface area contributed by atoms with E-state index in [1.54, 1.807) is 0 Å². The van der Waals surface area contributed by atoms with E-state index >= 15 is 0 Å². The van der Waals surface area contributed by atoms with Gasteiger partial charge in [-0.05, 0) is 64.5 Å². The summed E-state index contributed by atoms with van der Waals surface area (Å²) >= 11 is 1.91. The molecule has 4 heterocycles. The molecule has 0 amide bonds. The molecule has 0 saturated heterocycles. The predicted octanol–water partition coefficient (Wildman–Crippen LogP) is 10.1. The Kier molecular flexibility index (Phi) is 4.83. The summed E-state index contributed by atoms with van der Waals surface area (Å²) in [5.41, 5.74) is 14.2. The summed E-state index contributed by atoms with van der Waals surface area (Å²) in [6.45, 7) is 0.0389. The van der Waals surface area contributed by atoms with Gasteiger partial charge < -0.3 is 9.38 Å². The number of thiophene rings is 1. The molecular weight excluding hydrogens is 575 g/mol. The van der Waals surface area contributed by atoms with Crippen LogP contribution in [0.2, 0.25) is 0 Å². The Morgan fingerprint density at radius 1 is 0.500 bits per heavy atom. The Hall–Kier alpha value is -5.58. The van der Waals surface area contributed by atoms with Crippen molar-refractivity contribution in [1.82, 2.24) is 4.57 Å². The minimum absolute atomic E-state index is 0.0389. The van der Waals surface area contributed by atoms with Gasteiger partial charge in [-0.25, -0.2) is 0 Å². The Bertz CT molecular complexity index is 2720. The van der Waals surface area contributed by atoms with Gasteiger partial charge in [0.1, 0.15) is 0 Å². The van der Waals surface area contributed by atoms with E-state index in [2.05, 4.69) is 161 Å². The van der Waals surface area contributed by atoms with Crippen LogP contribution in [0.4, 0.5) is 11.4 Å². The average molecular weight is 601 g/mol. The summed E-state index contributed by atoms with van der Waals surface area (Å²) < 4.78 is 5.24. The average Bonchev–Trinajstić information content (AvgIpc) is 3.68. The van der Waals surface area contributed by atoms with Gasteiger partial charge in [-0.1, -0.05) is 109 Å². The molecule has 11 rings (SSSR count). The quantitative estimate of drug-likeness (QED) is 0.179. The first kappa shape index (κ1) is 24.7. The zero-order valence-electron chi connectivity index (χ0n) is 24.8. The maximum Gasteiger partial charge on any atom is 0.333 e. The predicted molar refractivity (Wildman–Crippen MR) is 198 cm³/mol. The van der Waals surface area contributed by atoms with Crippen LogP contribution in [0.15, 0.2) is 152 Å². The standard InChI is InChI=1S/C42H25BN2S/c1-2-13-26(14-3-1)45-36-22-9-4-15-27(36)33-25-32(30-19-12-18-29-28-16-6-11-24-38(28)46-42(29)30)39-31-17-5-8-21-35(31)44-37-23-10-7-20-34(37)43(45)40(33)41(39)44/h1-25H. The van der Waals surface area contributed by atoms with Gasteiger partial charge in [0.25, 0.3) is 0 Å². The zero-order chi connectivity index (χ0) is 29.9. The van der Waals surface area contributed by atoms with Gasteiger partial charge in [0.05, 0.1) is 11.0 Å². The first-order valence-electron chi connectivity index (χ1n) is 15.9. The highest BCUT2D eigenvalue weighted by Crippen LogP contribution is 2.49. The number of para-hydroxylation sites is 4.